The number of aliphatic hydroxyl groups excluding tert-OH is 2. The molecule has 3 unspecified atom stereocenters. The van der Waals surface area contributed by atoms with Gasteiger partial charge in [0.2, 0.25) is 0 Å². The third kappa shape index (κ3) is 11.7. The van der Waals surface area contributed by atoms with Crippen molar-refractivity contribution in [3.05, 3.63) is 36.0 Å². The zero-order valence-corrected chi connectivity index (χ0v) is 29.8. The molecule has 47 heavy (non-hydrogen) atoms. The molecule has 2 fully saturated rings. The van der Waals surface area contributed by atoms with Crippen LogP contribution in [-0.4, -0.2) is 125 Å². The number of amides is 1. The fourth-order valence-corrected chi connectivity index (χ4v) is 6.45. The third-order valence-corrected chi connectivity index (χ3v) is 9.81. The molecule has 0 bridgehead atoms. The summed E-state index contributed by atoms with van der Waals surface area (Å²) in [5.74, 6) is -0.830. The lowest BCUT2D eigenvalue weighted by atomic mass is 9.88. The lowest BCUT2D eigenvalue weighted by Crippen LogP contribution is -2.51. The van der Waals surface area contributed by atoms with Gasteiger partial charge in [0.25, 0.3) is 0 Å². The maximum atomic E-state index is 13.3. The van der Waals surface area contributed by atoms with Gasteiger partial charge >= 0.3 is 12.1 Å². The van der Waals surface area contributed by atoms with E-state index < -0.39 is 47.7 Å². The summed E-state index contributed by atoms with van der Waals surface area (Å²) in [6.45, 7) is 16.2. The van der Waals surface area contributed by atoms with Crippen LogP contribution in [0.15, 0.2) is 36.0 Å². The van der Waals surface area contributed by atoms with E-state index in [1.807, 2.05) is 66.8 Å². The Hall–Kier alpha value is -2.28. The molecular weight excluding hydrogens is 604 g/mol. The molecule has 0 aromatic rings. The van der Waals surface area contributed by atoms with E-state index in [0.717, 1.165) is 18.7 Å². The zero-order chi connectivity index (χ0) is 34.9. The fraction of sp³-hybridized carbons (Fsp3) is 0.778. The Labute approximate surface area is 281 Å². The average Bonchev–Trinajstić information content (AvgIpc) is 3.77. The lowest BCUT2D eigenvalue weighted by molar-refractivity contribution is -0.152. The second-order valence-corrected chi connectivity index (χ2v) is 14.2. The predicted octanol–water partition coefficient (Wildman–Crippen LogP) is 4.00. The number of nitrogens with zero attached hydrogens (tertiary/aromatic N) is 2. The molecule has 11 nitrogen and oxygen atoms in total. The minimum absolute atomic E-state index is 0.00271. The van der Waals surface area contributed by atoms with Gasteiger partial charge in [-0.3, -0.25) is 4.79 Å². The Morgan fingerprint density at radius 3 is 2.55 bits per heavy atom. The molecule has 3 aliphatic rings. The van der Waals surface area contributed by atoms with Crippen molar-refractivity contribution in [3.8, 4) is 0 Å². The molecule has 0 saturated carbocycles. The van der Waals surface area contributed by atoms with Gasteiger partial charge in [0, 0.05) is 51.0 Å². The van der Waals surface area contributed by atoms with E-state index in [0.29, 0.717) is 39.0 Å². The van der Waals surface area contributed by atoms with E-state index in [1.54, 1.807) is 24.0 Å². The predicted molar refractivity (Wildman–Crippen MR) is 180 cm³/mol. The van der Waals surface area contributed by atoms with Gasteiger partial charge in [-0.1, -0.05) is 45.1 Å². The van der Waals surface area contributed by atoms with Crippen molar-refractivity contribution in [3.63, 3.8) is 0 Å². The molecule has 3 heterocycles. The molecule has 10 atom stereocenters. The topological polar surface area (TPSA) is 142 Å². The van der Waals surface area contributed by atoms with Crippen molar-refractivity contribution in [2.45, 2.75) is 128 Å². The molecule has 2 saturated heterocycles. The van der Waals surface area contributed by atoms with Crippen LogP contribution in [0.3, 0.4) is 0 Å². The van der Waals surface area contributed by atoms with Crippen LogP contribution in [0, 0.1) is 11.8 Å². The largest absolute Gasteiger partial charge is 0.457 e. The number of esters is 1. The summed E-state index contributed by atoms with van der Waals surface area (Å²) in [5.41, 5.74) is -1.33. The van der Waals surface area contributed by atoms with Gasteiger partial charge in [0.15, 0.2) is 6.10 Å². The second-order valence-electron chi connectivity index (χ2n) is 14.2. The van der Waals surface area contributed by atoms with Crippen LogP contribution in [0.2, 0.25) is 0 Å². The number of ether oxygens (including phenoxy) is 4. The van der Waals surface area contributed by atoms with Gasteiger partial charge in [-0.15, -0.1) is 0 Å². The number of likely N-dealkylation sites (N-methyl/N-ethyl adjacent to an activating group) is 1. The number of allylic oxidation sites excluding steroid dienone is 2. The first-order valence-electron chi connectivity index (χ1n) is 17.3. The molecule has 0 radical (unpaired) electrons. The van der Waals surface area contributed by atoms with Crippen LogP contribution in [0.5, 0.6) is 0 Å². The molecule has 0 aromatic carbocycles. The number of hydrogen-bond donors (Lipinski definition) is 3. The molecule has 1 amide bonds. The van der Waals surface area contributed by atoms with Crippen molar-refractivity contribution in [2.75, 3.05) is 39.8 Å². The van der Waals surface area contributed by atoms with Crippen molar-refractivity contribution >= 4 is 12.1 Å². The summed E-state index contributed by atoms with van der Waals surface area (Å²) in [7, 11) is 2.02. The number of piperazine rings is 1. The van der Waals surface area contributed by atoms with E-state index in [-0.39, 0.29) is 36.9 Å². The molecule has 268 valence electrons. The summed E-state index contributed by atoms with van der Waals surface area (Å²) in [6, 6.07) is 0. The highest BCUT2D eigenvalue weighted by Crippen LogP contribution is 2.37. The van der Waals surface area contributed by atoms with Crippen LogP contribution in [-0.2, 0) is 23.7 Å². The summed E-state index contributed by atoms with van der Waals surface area (Å²) in [4.78, 5) is 30.1. The number of carbonyl (C=O) groups excluding carboxylic acids is 2. The summed E-state index contributed by atoms with van der Waals surface area (Å²) < 4.78 is 24.0. The van der Waals surface area contributed by atoms with E-state index in [2.05, 4.69) is 4.90 Å². The van der Waals surface area contributed by atoms with Crippen LogP contribution in [0.1, 0.15) is 80.6 Å². The zero-order valence-electron chi connectivity index (χ0n) is 29.8. The van der Waals surface area contributed by atoms with E-state index in [1.165, 1.54) is 0 Å². The Morgan fingerprint density at radius 2 is 1.91 bits per heavy atom. The number of rotatable bonds is 11. The van der Waals surface area contributed by atoms with E-state index >= 15 is 0 Å². The quantitative estimate of drug-likeness (QED) is 0.128. The van der Waals surface area contributed by atoms with Gasteiger partial charge in [0.1, 0.15) is 11.7 Å². The average molecular weight is 665 g/mol. The monoisotopic (exact) mass is 664 g/mol. The smallest absolute Gasteiger partial charge is 0.410 e. The first-order chi connectivity index (χ1) is 22.1. The molecule has 3 rings (SSSR count). The van der Waals surface area contributed by atoms with Gasteiger partial charge < -0.3 is 44.1 Å². The van der Waals surface area contributed by atoms with Gasteiger partial charge in [-0.05, 0) is 65.7 Å². The molecule has 3 N–H and O–H groups in total. The maximum absolute atomic E-state index is 13.3. The number of cyclic esters (lactones) is 1. The Kier molecular flexibility index (Phi) is 14.5. The van der Waals surface area contributed by atoms with Gasteiger partial charge in [0.05, 0.1) is 36.4 Å². The SMILES string of the molecule is CCO[C@]1(C)CC[C@@H](O)CC(=O)O[C@H](/C(C)=C/C=C/C(C)(O)C[C@H]2O[C@@H]2C(C)C(O)CC)[C@@H](C)/C=C/[C@@H]1OC(=O)N1CCN(C)CC1. The molecule has 3 aliphatic heterocycles. The van der Waals surface area contributed by atoms with Crippen LogP contribution < -0.4 is 0 Å². The highest BCUT2D eigenvalue weighted by Gasteiger charge is 2.47. The standard InChI is InChI=1S/C36H60N2O9/c1-9-28(40)26(5)33-29(45-33)23-35(6,43)16-11-12-24(3)32-25(4)13-14-30(46-34(42)38-20-18-37(8)19-21-38)36(7,44-10-2)17-15-27(39)22-31(41)47-32/h11-14,16,25-30,32-33,39-40,43H,9-10,15,17-23H2,1-8H3/b14-13+,16-11+,24-12+/t25-,26?,27+,28?,29+,30-,32+,33+,35?,36+/m0/s1. The first kappa shape index (κ1) is 39.2. The number of aliphatic hydroxyl groups is 3. The minimum Gasteiger partial charge on any atom is -0.457 e. The first-order valence-corrected chi connectivity index (χ1v) is 17.3. The lowest BCUT2D eigenvalue weighted by Gasteiger charge is -2.38. The van der Waals surface area contributed by atoms with Crippen LogP contribution >= 0.6 is 0 Å². The normalized spacial score (nSPS) is 34.8. The third-order valence-electron chi connectivity index (χ3n) is 9.81. The maximum Gasteiger partial charge on any atom is 0.410 e. The van der Waals surface area contributed by atoms with Crippen molar-refractivity contribution in [1.82, 2.24) is 9.80 Å². The highest BCUT2D eigenvalue weighted by molar-refractivity contribution is 5.70. The number of hydrogen-bond acceptors (Lipinski definition) is 10. The Bertz CT molecular complexity index is 1120. The second kappa shape index (κ2) is 17.4. The highest BCUT2D eigenvalue weighted by atomic mass is 16.6. The molecule has 0 aliphatic carbocycles. The minimum atomic E-state index is -1.14. The Morgan fingerprint density at radius 1 is 1.23 bits per heavy atom. The summed E-state index contributed by atoms with van der Waals surface area (Å²) in [6.07, 6.45) is 7.06. The fourth-order valence-electron chi connectivity index (χ4n) is 6.45. The van der Waals surface area contributed by atoms with E-state index in [4.69, 9.17) is 18.9 Å². The van der Waals surface area contributed by atoms with Gasteiger partial charge in [-0.25, -0.2) is 4.79 Å². The number of epoxide rings is 1. The Balaban J connectivity index is 1.79. The summed E-state index contributed by atoms with van der Waals surface area (Å²) >= 11 is 0. The number of carbonyl (C=O) groups is 2. The molecular formula is C36H60N2O9. The molecule has 11 heteroatoms. The van der Waals surface area contributed by atoms with Crippen molar-refractivity contribution in [2.24, 2.45) is 11.8 Å². The van der Waals surface area contributed by atoms with Gasteiger partial charge in [-0.2, -0.15) is 0 Å². The van der Waals surface area contributed by atoms with Crippen LogP contribution in [0.4, 0.5) is 4.79 Å². The van der Waals surface area contributed by atoms with E-state index in [9.17, 15) is 24.9 Å². The van der Waals surface area contributed by atoms with Crippen LogP contribution in [0.25, 0.3) is 0 Å². The molecule has 0 aromatic heterocycles. The summed E-state index contributed by atoms with van der Waals surface area (Å²) in [5, 5.41) is 32.0. The molecule has 0 spiro atoms. The van der Waals surface area contributed by atoms with Crippen molar-refractivity contribution in [1.29, 1.82) is 0 Å². The van der Waals surface area contributed by atoms with Crippen molar-refractivity contribution < 1.29 is 43.9 Å².